The molecular formula is C17H19BCl2NO6. The summed E-state index contributed by atoms with van der Waals surface area (Å²) >= 11 is 12.3. The van der Waals surface area contributed by atoms with Crippen molar-refractivity contribution in [2.45, 2.75) is 40.1 Å². The summed E-state index contributed by atoms with van der Waals surface area (Å²) in [6.45, 7) is 5.89. The third-order valence-corrected chi connectivity index (χ3v) is 4.47. The average Bonchev–Trinajstić information content (AvgIpc) is 2.56. The fourth-order valence-electron chi connectivity index (χ4n) is 2.33. The third kappa shape index (κ3) is 5.29. The Balaban J connectivity index is 2.16. The van der Waals surface area contributed by atoms with Gasteiger partial charge in [-0.05, 0) is 33.3 Å². The number of halogens is 2. The van der Waals surface area contributed by atoms with E-state index in [0.29, 0.717) is 12.0 Å². The van der Waals surface area contributed by atoms with E-state index in [1.165, 1.54) is 20.5 Å². The number of carbonyl (C=O) groups excluding carboxylic acids is 3. The summed E-state index contributed by atoms with van der Waals surface area (Å²) in [5, 5.41) is 3.05. The Hall–Kier alpha value is -1.93. The first-order chi connectivity index (χ1) is 12.5. The Bertz CT molecular complexity index is 778. The van der Waals surface area contributed by atoms with E-state index in [1.807, 2.05) is 0 Å². The van der Waals surface area contributed by atoms with Gasteiger partial charge in [-0.2, -0.15) is 0 Å². The van der Waals surface area contributed by atoms with Crippen LogP contribution in [0.1, 0.15) is 43.6 Å². The van der Waals surface area contributed by atoms with Crippen LogP contribution in [-0.4, -0.2) is 38.1 Å². The van der Waals surface area contributed by atoms with Gasteiger partial charge in [0.15, 0.2) is 0 Å². The van der Waals surface area contributed by atoms with E-state index < -0.39 is 30.1 Å². The molecule has 1 aromatic carbocycles. The highest BCUT2D eigenvalue weighted by Gasteiger charge is 2.31. The molecule has 1 unspecified atom stereocenters. The average molecular weight is 415 g/mol. The number of hydrogen-bond donors (Lipinski definition) is 1. The van der Waals surface area contributed by atoms with Crippen molar-refractivity contribution in [3.8, 4) is 5.75 Å². The van der Waals surface area contributed by atoms with Gasteiger partial charge in [-0.15, -0.1) is 0 Å². The van der Waals surface area contributed by atoms with Crippen LogP contribution in [-0.2, 0) is 25.5 Å². The van der Waals surface area contributed by atoms with Crippen molar-refractivity contribution in [2.24, 2.45) is 5.41 Å². The number of benzene rings is 1. The first-order valence-corrected chi connectivity index (χ1v) is 8.88. The maximum atomic E-state index is 12.4. The van der Waals surface area contributed by atoms with Gasteiger partial charge < -0.3 is 19.4 Å². The molecule has 1 aliphatic heterocycles. The molecule has 2 rings (SSSR count). The van der Waals surface area contributed by atoms with Crippen molar-refractivity contribution >= 4 is 48.5 Å². The summed E-state index contributed by atoms with van der Waals surface area (Å²) in [4.78, 5) is 35.3. The van der Waals surface area contributed by atoms with E-state index >= 15 is 0 Å². The molecule has 1 atom stereocenters. The predicted octanol–water partition coefficient (Wildman–Crippen LogP) is 2.71. The summed E-state index contributed by atoms with van der Waals surface area (Å²) in [5.41, 5.74) is -0.195. The van der Waals surface area contributed by atoms with Crippen LogP contribution in [0, 0.1) is 5.41 Å². The minimum absolute atomic E-state index is 0.0451. The highest BCUT2D eigenvalue weighted by atomic mass is 35.5. The van der Waals surface area contributed by atoms with Gasteiger partial charge >= 0.3 is 19.4 Å². The minimum atomic E-state index is -0.780. The second kappa shape index (κ2) is 8.40. The highest BCUT2D eigenvalue weighted by molar-refractivity contribution is 6.43. The zero-order valence-corrected chi connectivity index (χ0v) is 16.9. The maximum absolute atomic E-state index is 12.4. The smallest absolute Gasteiger partial charge is 0.394 e. The molecule has 7 nitrogen and oxygen atoms in total. The second-order valence-electron chi connectivity index (χ2n) is 7.02. The third-order valence-electron chi connectivity index (χ3n) is 3.64. The van der Waals surface area contributed by atoms with Gasteiger partial charge in [0.05, 0.1) is 15.5 Å². The molecular weight excluding hydrogens is 396 g/mol. The Morgan fingerprint density at radius 1 is 1.30 bits per heavy atom. The minimum Gasteiger partial charge on any atom is -0.560 e. The lowest BCUT2D eigenvalue weighted by atomic mass is 9.79. The maximum Gasteiger partial charge on any atom is 0.394 e. The Kier molecular flexibility index (Phi) is 6.65. The summed E-state index contributed by atoms with van der Waals surface area (Å²) in [5.74, 6) is -1.74. The van der Waals surface area contributed by atoms with Gasteiger partial charge in [-0.1, -0.05) is 23.2 Å². The monoisotopic (exact) mass is 414 g/mol. The molecule has 1 amide bonds. The van der Waals surface area contributed by atoms with Crippen molar-refractivity contribution < 1.29 is 28.5 Å². The zero-order chi connectivity index (χ0) is 20.4. The van der Waals surface area contributed by atoms with Crippen LogP contribution in [0.25, 0.3) is 0 Å². The lowest BCUT2D eigenvalue weighted by Crippen LogP contribution is -2.44. The number of esters is 2. The van der Waals surface area contributed by atoms with E-state index in [4.69, 9.17) is 37.3 Å². The van der Waals surface area contributed by atoms with E-state index in [1.54, 1.807) is 20.8 Å². The predicted molar refractivity (Wildman–Crippen MR) is 100.0 cm³/mol. The van der Waals surface area contributed by atoms with E-state index in [-0.39, 0.29) is 27.3 Å². The molecule has 0 saturated heterocycles. The molecule has 0 saturated carbocycles. The van der Waals surface area contributed by atoms with Crippen LogP contribution in [0.5, 0.6) is 5.75 Å². The summed E-state index contributed by atoms with van der Waals surface area (Å²) in [7, 11) is 1.39. The molecule has 0 fully saturated rings. The van der Waals surface area contributed by atoms with Crippen LogP contribution in [0.4, 0.5) is 0 Å². The SMILES string of the molecule is CC(=O)NC1[B]Oc2c(C(=O)OCOC(=O)C(C)(C)C)cc(Cl)c(Cl)c2C1. The lowest BCUT2D eigenvalue weighted by molar-refractivity contribution is -0.161. The quantitative estimate of drug-likeness (QED) is 0.462. The Morgan fingerprint density at radius 3 is 2.56 bits per heavy atom. The van der Waals surface area contributed by atoms with Gasteiger partial charge in [0, 0.05) is 18.4 Å². The van der Waals surface area contributed by atoms with Crippen molar-refractivity contribution in [1.82, 2.24) is 5.32 Å². The van der Waals surface area contributed by atoms with Crippen LogP contribution in [0.2, 0.25) is 10.0 Å². The van der Waals surface area contributed by atoms with Crippen LogP contribution < -0.4 is 9.97 Å². The normalized spacial score (nSPS) is 15.7. The van der Waals surface area contributed by atoms with Crippen LogP contribution in [0.3, 0.4) is 0 Å². The highest BCUT2D eigenvalue weighted by Crippen LogP contribution is 2.39. The molecule has 1 aromatic rings. The Morgan fingerprint density at radius 2 is 1.96 bits per heavy atom. The van der Waals surface area contributed by atoms with Crippen molar-refractivity contribution in [3.63, 3.8) is 0 Å². The molecule has 0 spiro atoms. The van der Waals surface area contributed by atoms with Gasteiger partial charge in [-0.3, -0.25) is 9.59 Å². The zero-order valence-electron chi connectivity index (χ0n) is 15.4. The van der Waals surface area contributed by atoms with E-state index in [0.717, 1.165) is 0 Å². The molecule has 10 heteroatoms. The lowest BCUT2D eigenvalue weighted by Gasteiger charge is -2.27. The molecule has 0 aromatic heterocycles. The van der Waals surface area contributed by atoms with Gasteiger partial charge in [-0.25, -0.2) is 4.79 Å². The standard InChI is InChI=1S/C17H19BCl2NO6/c1-8(22)21-12-6-9-13(20)11(19)5-10(14(9)27-18-12)15(23)25-7-26-16(24)17(2,3)4/h5,12H,6-7H2,1-4H3,(H,21,22). The summed E-state index contributed by atoms with van der Waals surface area (Å²) < 4.78 is 15.4. The number of ether oxygens (including phenoxy) is 2. The largest absolute Gasteiger partial charge is 0.560 e. The molecule has 1 heterocycles. The molecule has 0 bridgehead atoms. The Labute approximate surface area is 167 Å². The van der Waals surface area contributed by atoms with Gasteiger partial charge in [0.25, 0.3) is 0 Å². The number of fused-ring (bicyclic) bond motifs is 1. The van der Waals surface area contributed by atoms with Crippen molar-refractivity contribution in [1.29, 1.82) is 0 Å². The van der Waals surface area contributed by atoms with Gasteiger partial charge in [0.2, 0.25) is 12.7 Å². The molecule has 1 N–H and O–H groups in total. The number of hydrogen-bond acceptors (Lipinski definition) is 6. The number of rotatable bonds is 4. The number of carbonyl (C=O) groups is 3. The van der Waals surface area contributed by atoms with Gasteiger partial charge in [0.1, 0.15) is 11.3 Å². The van der Waals surface area contributed by atoms with Crippen molar-refractivity contribution in [3.05, 3.63) is 27.2 Å². The molecule has 1 aliphatic rings. The first kappa shape index (κ1) is 21.4. The molecule has 1 radical (unpaired) electrons. The number of amides is 1. The number of nitrogens with one attached hydrogen (secondary N) is 1. The topological polar surface area (TPSA) is 90.9 Å². The summed E-state index contributed by atoms with van der Waals surface area (Å²) in [6, 6.07) is 1.32. The molecule has 0 aliphatic carbocycles. The second-order valence-corrected chi connectivity index (χ2v) is 7.81. The van der Waals surface area contributed by atoms with Crippen molar-refractivity contribution in [2.75, 3.05) is 6.79 Å². The molecule has 27 heavy (non-hydrogen) atoms. The van der Waals surface area contributed by atoms with Crippen LogP contribution in [0.15, 0.2) is 6.07 Å². The fraction of sp³-hybridized carbons (Fsp3) is 0.471. The van der Waals surface area contributed by atoms with E-state index in [9.17, 15) is 14.4 Å². The van der Waals surface area contributed by atoms with Crippen LogP contribution >= 0.6 is 23.2 Å². The molecule has 145 valence electrons. The first-order valence-electron chi connectivity index (χ1n) is 8.13. The van der Waals surface area contributed by atoms with E-state index in [2.05, 4.69) is 5.32 Å². The fourth-order valence-corrected chi connectivity index (χ4v) is 2.77. The summed E-state index contributed by atoms with van der Waals surface area (Å²) in [6.07, 6.45) is 0.299.